The van der Waals surface area contributed by atoms with Gasteiger partial charge in [0.15, 0.2) is 0 Å². The fourth-order valence-corrected chi connectivity index (χ4v) is 2.98. The average Bonchev–Trinajstić information content (AvgIpc) is 2.79. The van der Waals surface area contributed by atoms with Crippen molar-refractivity contribution < 1.29 is 0 Å². The molecule has 1 aromatic heterocycles. The lowest BCUT2D eigenvalue weighted by Crippen LogP contribution is -2.51. The first kappa shape index (κ1) is 13.2. The van der Waals surface area contributed by atoms with E-state index >= 15 is 0 Å². The number of benzene rings is 1. The number of hydrogen-bond donors (Lipinski definition) is 1. The predicted molar refractivity (Wildman–Crippen MR) is 82.1 cm³/mol. The summed E-state index contributed by atoms with van der Waals surface area (Å²) in [5.41, 5.74) is 3.79. The molecule has 0 radical (unpaired) electrons. The molecule has 0 amide bonds. The van der Waals surface area contributed by atoms with Gasteiger partial charge in [-0.3, -0.25) is 4.68 Å². The first-order valence-corrected chi connectivity index (χ1v) is 7.25. The second-order valence-electron chi connectivity index (χ2n) is 5.56. The molecular weight excluding hydrogens is 248 g/mol. The molecule has 20 heavy (non-hydrogen) atoms. The van der Waals surface area contributed by atoms with Gasteiger partial charge in [0.05, 0.1) is 11.4 Å². The van der Waals surface area contributed by atoms with Crippen LogP contribution in [0.25, 0.3) is 0 Å². The highest BCUT2D eigenvalue weighted by molar-refractivity contribution is 5.49. The number of piperazine rings is 1. The molecule has 2 aromatic rings. The van der Waals surface area contributed by atoms with Gasteiger partial charge in [-0.25, -0.2) is 0 Å². The zero-order valence-corrected chi connectivity index (χ0v) is 12.2. The summed E-state index contributed by atoms with van der Waals surface area (Å²) < 4.78 is 1.90. The van der Waals surface area contributed by atoms with Gasteiger partial charge >= 0.3 is 0 Å². The van der Waals surface area contributed by atoms with Gasteiger partial charge in [-0.15, -0.1) is 0 Å². The molecule has 1 saturated heterocycles. The molecule has 2 heterocycles. The maximum atomic E-state index is 4.45. The van der Waals surface area contributed by atoms with Crippen LogP contribution in [0.1, 0.15) is 11.3 Å². The molecular formula is C16H22N4. The number of rotatable bonds is 3. The number of nitrogens with zero attached hydrogens (tertiary/aromatic N) is 3. The molecule has 1 atom stereocenters. The van der Waals surface area contributed by atoms with E-state index in [4.69, 9.17) is 0 Å². The molecule has 4 heteroatoms. The molecule has 0 aliphatic carbocycles. The lowest BCUT2D eigenvalue weighted by atomic mass is 10.0. The largest absolute Gasteiger partial charge is 0.366 e. The summed E-state index contributed by atoms with van der Waals surface area (Å²) in [6, 6.07) is 11.2. The lowest BCUT2D eigenvalue weighted by Gasteiger charge is -2.35. The van der Waals surface area contributed by atoms with E-state index in [0.717, 1.165) is 31.7 Å². The van der Waals surface area contributed by atoms with Crippen LogP contribution in [0, 0.1) is 6.92 Å². The molecule has 106 valence electrons. The summed E-state index contributed by atoms with van der Waals surface area (Å²) >= 11 is 0. The minimum absolute atomic E-state index is 0.505. The summed E-state index contributed by atoms with van der Waals surface area (Å²) in [6.07, 6.45) is 3.21. The smallest absolute Gasteiger partial charge is 0.0827 e. The second kappa shape index (κ2) is 5.67. The predicted octanol–water partition coefficient (Wildman–Crippen LogP) is 1.75. The van der Waals surface area contributed by atoms with Gasteiger partial charge < -0.3 is 10.2 Å². The topological polar surface area (TPSA) is 33.1 Å². The highest BCUT2D eigenvalue weighted by atomic mass is 15.3. The minimum atomic E-state index is 0.505. The number of anilines is 1. The van der Waals surface area contributed by atoms with Crippen molar-refractivity contribution in [3.05, 3.63) is 47.8 Å². The third-order valence-electron chi connectivity index (χ3n) is 3.91. The standard InChI is InChI=1S/C16H22N4/c1-13-16(12-19(2)18-13)20-9-8-17-15(11-20)10-14-6-4-3-5-7-14/h3-7,12,15,17H,8-11H2,1-2H3. The summed E-state index contributed by atoms with van der Waals surface area (Å²) in [6.45, 7) is 5.22. The third kappa shape index (κ3) is 2.85. The zero-order valence-electron chi connectivity index (χ0n) is 12.2. The van der Waals surface area contributed by atoms with Gasteiger partial charge in [0.25, 0.3) is 0 Å². The molecule has 1 fully saturated rings. The summed E-state index contributed by atoms with van der Waals surface area (Å²) in [4.78, 5) is 2.45. The van der Waals surface area contributed by atoms with Crippen molar-refractivity contribution in [2.75, 3.05) is 24.5 Å². The van der Waals surface area contributed by atoms with E-state index in [9.17, 15) is 0 Å². The summed E-state index contributed by atoms with van der Waals surface area (Å²) in [5, 5.41) is 8.07. The van der Waals surface area contributed by atoms with Crippen molar-refractivity contribution in [2.45, 2.75) is 19.4 Å². The Morgan fingerprint density at radius 2 is 2.10 bits per heavy atom. The van der Waals surface area contributed by atoms with Crippen LogP contribution in [0.2, 0.25) is 0 Å². The van der Waals surface area contributed by atoms with Gasteiger partial charge in [-0.2, -0.15) is 5.10 Å². The number of nitrogens with one attached hydrogen (secondary N) is 1. The molecule has 1 aliphatic heterocycles. The Morgan fingerprint density at radius 1 is 1.30 bits per heavy atom. The normalized spacial score (nSPS) is 19.3. The van der Waals surface area contributed by atoms with E-state index in [1.165, 1.54) is 11.3 Å². The zero-order chi connectivity index (χ0) is 13.9. The SMILES string of the molecule is Cc1nn(C)cc1N1CCNC(Cc2ccccc2)C1. The molecule has 3 rings (SSSR count). The van der Waals surface area contributed by atoms with Gasteiger partial charge in [0, 0.05) is 38.9 Å². The maximum absolute atomic E-state index is 4.45. The monoisotopic (exact) mass is 270 g/mol. The first-order chi connectivity index (χ1) is 9.72. The first-order valence-electron chi connectivity index (χ1n) is 7.25. The minimum Gasteiger partial charge on any atom is -0.366 e. The number of hydrogen-bond acceptors (Lipinski definition) is 3. The van der Waals surface area contributed by atoms with E-state index in [0.29, 0.717) is 6.04 Å². The molecule has 0 bridgehead atoms. The fourth-order valence-electron chi connectivity index (χ4n) is 2.98. The Balaban J connectivity index is 1.69. The highest BCUT2D eigenvalue weighted by Crippen LogP contribution is 2.20. The van der Waals surface area contributed by atoms with Crippen LogP contribution in [0.15, 0.2) is 36.5 Å². The Morgan fingerprint density at radius 3 is 2.80 bits per heavy atom. The molecule has 0 spiro atoms. The summed E-state index contributed by atoms with van der Waals surface area (Å²) in [5.74, 6) is 0. The molecule has 1 aliphatic rings. The van der Waals surface area contributed by atoms with Crippen LogP contribution >= 0.6 is 0 Å². The van der Waals surface area contributed by atoms with E-state index in [-0.39, 0.29) is 0 Å². The lowest BCUT2D eigenvalue weighted by molar-refractivity contribution is 0.454. The maximum Gasteiger partial charge on any atom is 0.0827 e. The van der Waals surface area contributed by atoms with E-state index in [1.807, 2.05) is 11.7 Å². The Kier molecular flexibility index (Phi) is 3.74. The van der Waals surface area contributed by atoms with Crippen LogP contribution in [0.3, 0.4) is 0 Å². The molecule has 1 unspecified atom stereocenters. The van der Waals surface area contributed by atoms with Gasteiger partial charge in [0.1, 0.15) is 0 Å². The van der Waals surface area contributed by atoms with Crippen molar-refractivity contribution in [3.8, 4) is 0 Å². The molecule has 1 aromatic carbocycles. The number of aromatic nitrogens is 2. The Bertz CT molecular complexity index is 561. The Hall–Kier alpha value is -1.81. The molecule has 1 N–H and O–H groups in total. The third-order valence-corrected chi connectivity index (χ3v) is 3.91. The van der Waals surface area contributed by atoms with Crippen molar-refractivity contribution in [2.24, 2.45) is 7.05 Å². The van der Waals surface area contributed by atoms with Crippen LogP contribution in [0.4, 0.5) is 5.69 Å². The average molecular weight is 270 g/mol. The second-order valence-corrected chi connectivity index (χ2v) is 5.56. The van der Waals surface area contributed by atoms with Crippen molar-refractivity contribution in [3.63, 3.8) is 0 Å². The molecule has 4 nitrogen and oxygen atoms in total. The fraction of sp³-hybridized carbons (Fsp3) is 0.438. The Labute approximate surface area is 120 Å². The van der Waals surface area contributed by atoms with Crippen molar-refractivity contribution >= 4 is 5.69 Å². The van der Waals surface area contributed by atoms with Crippen LogP contribution < -0.4 is 10.2 Å². The quantitative estimate of drug-likeness (QED) is 0.922. The summed E-state index contributed by atoms with van der Waals surface area (Å²) in [7, 11) is 1.99. The van der Waals surface area contributed by atoms with Crippen molar-refractivity contribution in [1.29, 1.82) is 0 Å². The number of aryl methyl sites for hydroxylation is 2. The van der Waals surface area contributed by atoms with E-state index in [1.54, 1.807) is 0 Å². The van der Waals surface area contributed by atoms with Crippen LogP contribution in [0.5, 0.6) is 0 Å². The van der Waals surface area contributed by atoms with Crippen LogP contribution in [-0.4, -0.2) is 35.5 Å². The highest BCUT2D eigenvalue weighted by Gasteiger charge is 2.21. The van der Waals surface area contributed by atoms with Gasteiger partial charge in [-0.05, 0) is 18.9 Å². The van der Waals surface area contributed by atoms with Gasteiger partial charge in [0.2, 0.25) is 0 Å². The van der Waals surface area contributed by atoms with E-state index < -0.39 is 0 Å². The molecule has 0 saturated carbocycles. The van der Waals surface area contributed by atoms with Gasteiger partial charge in [-0.1, -0.05) is 30.3 Å². The van der Waals surface area contributed by atoms with E-state index in [2.05, 4.69) is 58.8 Å². The van der Waals surface area contributed by atoms with Crippen LogP contribution in [-0.2, 0) is 13.5 Å². The van der Waals surface area contributed by atoms with Crippen molar-refractivity contribution in [1.82, 2.24) is 15.1 Å².